The number of rotatable bonds is 9. The predicted octanol–water partition coefficient (Wildman–Crippen LogP) is 9.64. The quantitative estimate of drug-likeness (QED) is 0.151. The number of nitrogens with zero attached hydrogens (tertiary/aromatic N) is 3. The van der Waals surface area contributed by atoms with Gasteiger partial charge in [0.15, 0.2) is 0 Å². The van der Waals surface area contributed by atoms with Crippen LogP contribution in [0, 0.1) is 13.8 Å². The molecule has 1 amide bonds. The predicted molar refractivity (Wildman–Crippen MR) is 196 cm³/mol. The van der Waals surface area contributed by atoms with Gasteiger partial charge in [0, 0.05) is 22.2 Å². The van der Waals surface area contributed by atoms with Gasteiger partial charge in [-0.15, -0.1) is 5.10 Å². The zero-order valence-electron chi connectivity index (χ0n) is 28.1. The standard InChI is InChI=1S/C39H40ClN5O2S/c1-24-10-9-13-33(25(24)2)42-36(46)34-26(3)41-37-43-38(48-23-29-11-7-8-12-32(29)40)44-45(37)35(34)28-16-20-31(21-17-28)47-22-27-14-18-30(19-15-27)39(4,5)6/h7-21,35H,22-23H2,1-6H3,(H,42,46)(H,41,43,44). The highest BCUT2D eigenvalue weighted by atomic mass is 35.5. The van der Waals surface area contributed by atoms with Crippen molar-refractivity contribution in [2.75, 3.05) is 10.6 Å². The highest BCUT2D eigenvalue weighted by molar-refractivity contribution is 7.98. The lowest BCUT2D eigenvalue weighted by Crippen LogP contribution is -2.31. The molecule has 0 radical (unpaired) electrons. The lowest BCUT2D eigenvalue weighted by molar-refractivity contribution is -0.113. The minimum Gasteiger partial charge on any atom is -0.489 e. The number of fused-ring (bicyclic) bond motifs is 1. The molecule has 0 fully saturated rings. The van der Waals surface area contributed by atoms with Gasteiger partial charge >= 0.3 is 0 Å². The smallest absolute Gasteiger partial charge is 0.255 e. The van der Waals surface area contributed by atoms with E-state index in [4.69, 9.17) is 26.4 Å². The molecular weight excluding hydrogens is 638 g/mol. The zero-order valence-corrected chi connectivity index (χ0v) is 29.7. The van der Waals surface area contributed by atoms with Crippen molar-refractivity contribution in [2.45, 2.75) is 70.5 Å². The van der Waals surface area contributed by atoms with E-state index in [2.05, 4.69) is 55.7 Å². The number of nitrogens with one attached hydrogen (secondary N) is 2. The number of anilines is 2. The molecule has 4 aromatic carbocycles. The van der Waals surface area contributed by atoms with Crippen molar-refractivity contribution in [2.24, 2.45) is 0 Å². The van der Waals surface area contributed by atoms with Crippen molar-refractivity contribution in [3.8, 4) is 5.75 Å². The summed E-state index contributed by atoms with van der Waals surface area (Å²) in [4.78, 5) is 18.9. The number of allylic oxidation sites excluding steroid dienone is 1. The van der Waals surface area contributed by atoms with Crippen molar-refractivity contribution in [1.29, 1.82) is 0 Å². The van der Waals surface area contributed by atoms with Crippen molar-refractivity contribution >= 4 is 40.9 Å². The van der Waals surface area contributed by atoms with E-state index in [1.807, 2.05) is 87.5 Å². The Morgan fingerprint density at radius 1 is 0.958 bits per heavy atom. The molecule has 5 aromatic rings. The van der Waals surface area contributed by atoms with Gasteiger partial charge in [0.25, 0.3) is 5.91 Å². The van der Waals surface area contributed by atoms with Crippen LogP contribution in [-0.4, -0.2) is 20.7 Å². The normalized spacial score (nSPS) is 14.4. The molecule has 2 N–H and O–H groups in total. The molecule has 1 aromatic heterocycles. The third-order valence-corrected chi connectivity index (χ3v) is 9.92. The average molecular weight is 678 g/mol. The monoisotopic (exact) mass is 677 g/mol. The fourth-order valence-corrected chi connectivity index (χ4v) is 6.76. The lowest BCUT2D eigenvalue weighted by atomic mass is 9.87. The Kier molecular flexibility index (Phi) is 9.67. The van der Waals surface area contributed by atoms with Gasteiger partial charge in [0.05, 0.1) is 5.57 Å². The summed E-state index contributed by atoms with van der Waals surface area (Å²) in [5.74, 6) is 1.72. The molecule has 6 rings (SSSR count). The highest BCUT2D eigenvalue weighted by Gasteiger charge is 2.34. The van der Waals surface area contributed by atoms with Gasteiger partial charge in [-0.3, -0.25) is 4.79 Å². The maximum atomic E-state index is 14.1. The first kappa shape index (κ1) is 33.4. The second-order valence-corrected chi connectivity index (χ2v) is 14.5. The number of carbonyl (C=O) groups excluding carboxylic acids is 1. The van der Waals surface area contributed by atoms with Gasteiger partial charge in [0.1, 0.15) is 18.4 Å². The Morgan fingerprint density at radius 2 is 1.69 bits per heavy atom. The van der Waals surface area contributed by atoms with E-state index in [1.165, 1.54) is 17.3 Å². The van der Waals surface area contributed by atoms with Crippen molar-refractivity contribution in [3.05, 3.63) is 141 Å². The van der Waals surface area contributed by atoms with Crippen molar-refractivity contribution in [3.63, 3.8) is 0 Å². The molecular formula is C39H40ClN5O2S. The van der Waals surface area contributed by atoms with Crippen LogP contribution in [0.1, 0.15) is 67.1 Å². The maximum absolute atomic E-state index is 14.1. The highest BCUT2D eigenvalue weighted by Crippen LogP contribution is 2.38. The van der Waals surface area contributed by atoms with Gasteiger partial charge in [-0.2, -0.15) is 4.98 Å². The number of thioether (sulfide) groups is 1. The second kappa shape index (κ2) is 13.9. The van der Waals surface area contributed by atoms with Crippen LogP contribution in [0.15, 0.2) is 107 Å². The minimum atomic E-state index is -0.521. The maximum Gasteiger partial charge on any atom is 0.255 e. The summed E-state index contributed by atoms with van der Waals surface area (Å²) in [7, 11) is 0. The van der Waals surface area contributed by atoms with E-state index in [1.54, 1.807) is 4.68 Å². The van der Waals surface area contributed by atoms with Crippen LogP contribution in [0.3, 0.4) is 0 Å². The van der Waals surface area contributed by atoms with Crippen molar-refractivity contribution in [1.82, 2.24) is 14.8 Å². The molecule has 9 heteroatoms. The minimum absolute atomic E-state index is 0.101. The summed E-state index contributed by atoms with van der Waals surface area (Å²) in [5, 5.41) is 12.7. The Morgan fingerprint density at radius 3 is 2.40 bits per heavy atom. The molecule has 246 valence electrons. The van der Waals surface area contributed by atoms with E-state index in [0.29, 0.717) is 39.8 Å². The molecule has 7 nitrogen and oxygen atoms in total. The van der Waals surface area contributed by atoms with Gasteiger partial charge in [-0.25, -0.2) is 4.68 Å². The van der Waals surface area contributed by atoms with Gasteiger partial charge in [-0.1, -0.05) is 111 Å². The molecule has 0 spiro atoms. The number of hydrogen-bond donors (Lipinski definition) is 2. The number of ether oxygens (including phenoxy) is 1. The molecule has 0 saturated heterocycles. The van der Waals surface area contributed by atoms with E-state index in [0.717, 1.165) is 39.3 Å². The topological polar surface area (TPSA) is 81.1 Å². The summed E-state index contributed by atoms with van der Waals surface area (Å²) in [6.45, 7) is 13.0. The van der Waals surface area contributed by atoms with Crippen LogP contribution in [0.25, 0.3) is 0 Å². The van der Waals surface area contributed by atoms with Crippen LogP contribution in [0.2, 0.25) is 5.02 Å². The Bertz CT molecular complexity index is 1980. The van der Waals surface area contributed by atoms with E-state index in [9.17, 15) is 4.79 Å². The fourth-order valence-electron chi connectivity index (χ4n) is 5.64. The number of benzene rings is 4. The number of aryl methyl sites for hydroxylation is 1. The number of amides is 1. The molecule has 1 aliphatic rings. The SMILES string of the molecule is CC1=C(C(=O)Nc2cccc(C)c2C)C(c2ccc(OCc3ccc(C(C)(C)C)cc3)cc2)n2nc(SCc3ccccc3Cl)nc2N1. The average Bonchev–Trinajstić information content (AvgIpc) is 3.47. The summed E-state index contributed by atoms with van der Waals surface area (Å²) in [5.41, 5.74) is 8.56. The van der Waals surface area contributed by atoms with Crippen LogP contribution < -0.4 is 15.4 Å². The van der Waals surface area contributed by atoms with Gasteiger partial charge < -0.3 is 15.4 Å². The largest absolute Gasteiger partial charge is 0.489 e. The Hall–Kier alpha value is -4.53. The van der Waals surface area contributed by atoms with Crippen molar-refractivity contribution < 1.29 is 9.53 Å². The van der Waals surface area contributed by atoms with Crippen LogP contribution in [0.4, 0.5) is 11.6 Å². The molecule has 48 heavy (non-hydrogen) atoms. The second-order valence-electron chi connectivity index (χ2n) is 13.1. The van der Waals surface area contributed by atoms with E-state index < -0.39 is 6.04 Å². The molecule has 1 aliphatic heterocycles. The lowest BCUT2D eigenvalue weighted by Gasteiger charge is -2.29. The molecule has 0 bridgehead atoms. The molecule has 0 saturated carbocycles. The molecule has 1 atom stereocenters. The van der Waals surface area contributed by atoms with Crippen LogP contribution >= 0.6 is 23.4 Å². The number of halogens is 1. The molecule has 2 heterocycles. The fraction of sp³-hybridized carbons (Fsp3) is 0.256. The van der Waals surface area contributed by atoms with Gasteiger partial charge in [-0.05, 0) is 83.8 Å². The first-order valence-corrected chi connectivity index (χ1v) is 17.3. The van der Waals surface area contributed by atoms with E-state index in [-0.39, 0.29) is 11.3 Å². The molecule has 0 aliphatic carbocycles. The van der Waals surface area contributed by atoms with E-state index >= 15 is 0 Å². The summed E-state index contributed by atoms with van der Waals surface area (Å²) >= 11 is 7.91. The number of carbonyl (C=O) groups is 1. The van der Waals surface area contributed by atoms with Crippen LogP contribution in [-0.2, 0) is 22.6 Å². The Labute approximate surface area is 291 Å². The Balaban J connectivity index is 1.28. The molecule has 1 unspecified atom stereocenters. The van der Waals surface area contributed by atoms with Gasteiger partial charge in [0.2, 0.25) is 11.1 Å². The third kappa shape index (κ3) is 7.30. The first-order valence-electron chi connectivity index (χ1n) is 16.0. The summed E-state index contributed by atoms with van der Waals surface area (Å²) < 4.78 is 7.96. The number of hydrogen-bond acceptors (Lipinski definition) is 6. The van der Waals surface area contributed by atoms with Crippen LogP contribution in [0.5, 0.6) is 5.75 Å². The number of aromatic nitrogens is 3. The summed E-state index contributed by atoms with van der Waals surface area (Å²) in [6.07, 6.45) is 0. The first-order chi connectivity index (χ1) is 23.0. The zero-order chi connectivity index (χ0) is 34.0. The third-order valence-electron chi connectivity index (χ3n) is 8.67. The summed E-state index contributed by atoms with van der Waals surface area (Å²) in [6, 6.07) is 29.6.